The quantitative estimate of drug-likeness (QED) is 0.153. The minimum atomic E-state index is -1.95. The monoisotopic (exact) mass is 653 g/mol. The molecule has 7 rings (SSSR count). The second kappa shape index (κ2) is 11.6. The summed E-state index contributed by atoms with van der Waals surface area (Å²) < 4.78 is 28.1. The fraction of sp³-hybridized carbons (Fsp3) is 0.515. The Balaban J connectivity index is 1.33. The summed E-state index contributed by atoms with van der Waals surface area (Å²) in [7, 11) is 3.45. The lowest BCUT2D eigenvalue weighted by atomic mass is 9.81. The van der Waals surface area contributed by atoms with Crippen LogP contribution in [0.4, 0.5) is 9.18 Å². The zero-order valence-corrected chi connectivity index (χ0v) is 27.2. The molecule has 0 unspecified atom stereocenters. The van der Waals surface area contributed by atoms with Gasteiger partial charge in [0.05, 0.1) is 40.3 Å². The number of aryl methyl sites for hydroxylation is 1. The molecule has 12 heteroatoms. The van der Waals surface area contributed by atoms with Crippen LogP contribution in [0.3, 0.4) is 0 Å². The van der Waals surface area contributed by atoms with E-state index in [1.165, 1.54) is 6.07 Å². The van der Waals surface area contributed by atoms with E-state index in [0.717, 1.165) is 54.2 Å². The number of amides is 1. The average Bonchev–Trinajstić information content (AvgIpc) is 3.25. The first-order valence-corrected chi connectivity index (χ1v) is 18.3. The topological polar surface area (TPSA) is 120 Å². The highest BCUT2D eigenvalue weighted by atomic mass is 33.1. The van der Waals surface area contributed by atoms with Gasteiger partial charge in [0.1, 0.15) is 18.5 Å². The molecule has 2 aromatic heterocycles. The number of halogens is 1. The molecule has 0 radical (unpaired) electrons. The number of nitrogens with zero attached hydrogens (tertiary/aromatic N) is 2. The third kappa shape index (κ3) is 4.86. The van der Waals surface area contributed by atoms with E-state index in [4.69, 9.17) is 14.5 Å². The molecule has 2 aliphatic carbocycles. The van der Waals surface area contributed by atoms with E-state index in [9.17, 15) is 19.5 Å². The number of alkyl carbamates (subject to hydrolysis) is 1. The summed E-state index contributed by atoms with van der Waals surface area (Å²) in [6.07, 6.45) is 7.59. The molecule has 2 aliphatic heterocycles. The average molecular weight is 654 g/mol. The third-order valence-electron chi connectivity index (χ3n) is 10.0. The lowest BCUT2D eigenvalue weighted by molar-refractivity contribution is -0.172. The largest absolute Gasteiger partial charge is 0.458 e. The number of pyridine rings is 2. The molecule has 0 spiro atoms. The first kappa shape index (κ1) is 30.6. The standard InChI is InChI=1S/C33H36FN3O6S2/c1-4-33(41)20-12-24-29-18(14-37(24)30(38)19(20)15-42-31(33)39)28-22(11-10-17-16(2)21(34)13-23(35-29)27(17)28)36-32(40)43-25-8-6-5-7-9-26(25)45-44-3/h12-13,22,25-26,41H,4-11,14-15H2,1-3H3,(H,36,40)/t22-,25+,26+,33-/m0/s1. The molecule has 2 N–H and O–H groups in total. The highest BCUT2D eigenvalue weighted by Gasteiger charge is 2.46. The number of rotatable bonds is 5. The van der Waals surface area contributed by atoms with Crippen LogP contribution in [0, 0.1) is 12.7 Å². The maximum absolute atomic E-state index is 15.2. The molecule has 1 aromatic carbocycles. The van der Waals surface area contributed by atoms with Crippen molar-refractivity contribution >= 4 is 44.6 Å². The van der Waals surface area contributed by atoms with Crippen molar-refractivity contribution in [1.82, 2.24) is 14.9 Å². The van der Waals surface area contributed by atoms with Gasteiger partial charge in [0.15, 0.2) is 5.60 Å². The van der Waals surface area contributed by atoms with Crippen molar-refractivity contribution in [3.63, 3.8) is 0 Å². The zero-order valence-electron chi connectivity index (χ0n) is 25.5. The van der Waals surface area contributed by atoms with Gasteiger partial charge in [0, 0.05) is 22.6 Å². The Morgan fingerprint density at radius 1 is 1.20 bits per heavy atom. The second-order valence-electron chi connectivity index (χ2n) is 12.4. The van der Waals surface area contributed by atoms with Gasteiger partial charge in [0.2, 0.25) is 0 Å². The van der Waals surface area contributed by atoms with Gasteiger partial charge in [-0.3, -0.25) is 4.79 Å². The van der Waals surface area contributed by atoms with Crippen LogP contribution in [0.15, 0.2) is 16.9 Å². The molecule has 3 aromatic rings. The minimum absolute atomic E-state index is 0.0320. The fourth-order valence-electron chi connectivity index (χ4n) is 7.62. The van der Waals surface area contributed by atoms with Crippen molar-refractivity contribution < 1.29 is 28.6 Å². The number of hydrogen-bond donors (Lipinski definition) is 2. The molecule has 0 saturated heterocycles. The van der Waals surface area contributed by atoms with Crippen molar-refractivity contribution in [2.45, 2.75) is 101 Å². The van der Waals surface area contributed by atoms with Crippen LogP contribution >= 0.6 is 21.6 Å². The van der Waals surface area contributed by atoms with Crippen LogP contribution in [0.5, 0.6) is 0 Å². The maximum Gasteiger partial charge on any atom is 0.407 e. The van der Waals surface area contributed by atoms with Gasteiger partial charge in [-0.05, 0) is 74.5 Å². The molecule has 4 aliphatic rings. The summed E-state index contributed by atoms with van der Waals surface area (Å²) in [6.45, 7) is 3.38. The maximum atomic E-state index is 15.2. The van der Waals surface area contributed by atoms with Gasteiger partial charge in [-0.2, -0.15) is 0 Å². The number of benzene rings is 1. The Hall–Kier alpha value is -3.09. The van der Waals surface area contributed by atoms with Gasteiger partial charge < -0.3 is 24.5 Å². The van der Waals surface area contributed by atoms with Gasteiger partial charge in [-0.15, -0.1) is 0 Å². The summed E-state index contributed by atoms with van der Waals surface area (Å²) in [5.74, 6) is -1.16. The van der Waals surface area contributed by atoms with Gasteiger partial charge in [0.25, 0.3) is 5.56 Å². The zero-order chi connectivity index (χ0) is 31.6. The first-order valence-electron chi connectivity index (χ1n) is 15.6. The number of aliphatic hydroxyl groups is 1. The Kier molecular flexibility index (Phi) is 7.89. The summed E-state index contributed by atoms with van der Waals surface area (Å²) in [5.41, 5.74) is 2.46. The Labute approximate surface area is 268 Å². The highest BCUT2D eigenvalue weighted by Crippen LogP contribution is 2.46. The highest BCUT2D eigenvalue weighted by molar-refractivity contribution is 8.76. The van der Waals surface area contributed by atoms with Crippen molar-refractivity contribution in [3.8, 4) is 11.4 Å². The number of esters is 1. The minimum Gasteiger partial charge on any atom is -0.458 e. The smallest absolute Gasteiger partial charge is 0.407 e. The van der Waals surface area contributed by atoms with Crippen molar-refractivity contribution in [3.05, 3.63) is 61.7 Å². The van der Waals surface area contributed by atoms with Gasteiger partial charge in [-0.25, -0.2) is 19.0 Å². The van der Waals surface area contributed by atoms with Crippen LogP contribution in [0.25, 0.3) is 22.3 Å². The van der Waals surface area contributed by atoms with E-state index in [1.807, 2.05) is 6.26 Å². The second-order valence-corrected chi connectivity index (χ2v) is 15.1. The molecule has 9 nitrogen and oxygen atoms in total. The first-order chi connectivity index (χ1) is 21.7. The van der Waals surface area contributed by atoms with Crippen molar-refractivity contribution in [2.75, 3.05) is 6.26 Å². The van der Waals surface area contributed by atoms with E-state index in [1.54, 1.807) is 46.1 Å². The molecule has 1 amide bonds. The fourth-order valence-corrected chi connectivity index (χ4v) is 9.85. The van der Waals surface area contributed by atoms with E-state index >= 15 is 4.39 Å². The summed E-state index contributed by atoms with van der Waals surface area (Å²) in [4.78, 5) is 44.9. The summed E-state index contributed by atoms with van der Waals surface area (Å²) >= 11 is 0. The number of aromatic nitrogens is 2. The normalized spacial score (nSPS) is 25.2. The molecule has 1 saturated carbocycles. The molecule has 4 atom stereocenters. The molecular formula is C33H36FN3O6S2. The predicted molar refractivity (Wildman–Crippen MR) is 172 cm³/mol. The molecule has 4 heterocycles. The van der Waals surface area contributed by atoms with Crippen LogP contribution < -0.4 is 10.9 Å². The van der Waals surface area contributed by atoms with E-state index in [-0.39, 0.29) is 53.4 Å². The van der Waals surface area contributed by atoms with Gasteiger partial charge in [-0.1, -0.05) is 41.4 Å². The van der Waals surface area contributed by atoms with E-state index < -0.39 is 23.7 Å². The van der Waals surface area contributed by atoms with E-state index in [2.05, 4.69) is 5.32 Å². The number of nitrogens with one attached hydrogen (secondary N) is 1. The molecular weight excluding hydrogens is 618 g/mol. The summed E-state index contributed by atoms with van der Waals surface area (Å²) in [5, 5.41) is 15.5. The number of cyclic esters (lactones) is 1. The number of carbonyl (C=O) groups excluding carboxylic acids is 2. The van der Waals surface area contributed by atoms with Crippen LogP contribution in [0.1, 0.15) is 91.3 Å². The Bertz CT molecular complexity index is 1810. The number of hydrogen-bond acceptors (Lipinski definition) is 9. The number of carbonyl (C=O) groups is 2. The lowest BCUT2D eigenvalue weighted by Gasteiger charge is -2.31. The Morgan fingerprint density at radius 3 is 2.78 bits per heavy atom. The van der Waals surface area contributed by atoms with Crippen molar-refractivity contribution in [2.24, 2.45) is 0 Å². The number of fused-ring (bicyclic) bond motifs is 5. The van der Waals surface area contributed by atoms with Crippen LogP contribution in [-0.4, -0.2) is 44.3 Å². The third-order valence-corrected chi connectivity index (χ3v) is 12.3. The van der Waals surface area contributed by atoms with Crippen molar-refractivity contribution in [1.29, 1.82) is 0 Å². The SMILES string of the molecule is CC[C@@]1(O)C(=O)OCc2c1cc1n(c2=O)Cc2c-1nc1cc(F)c(C)c3c1c2[C@@H](NC(=O)O[C@@H]1CCCCC[C@H]1SSC)CC3. The number of ether oxygens (including phenoxy) is 2. The molecule has 0 bridgehead atoms. The molecule has 1 fully saturated rings. The lowest BCUT2D eigenvalue weighted by Crippen LogP contribution is -2.44. The molecule has 238 valence electrons. The summed E-state index contributed by atoms with van der Waals surface area (Å²) in [6, 6.07) is 2.62. The van der Waals surface area contributed by atoms with Gasteiger partial charge >= 0.3 is 12.1 Å². The van der Waals surface area contributed by atoms with E-state index in [0.29, 0.717) is 35.3 Å². The molecule has 45 heavy (non-hydrogen) atoms. The van der Waals surface area contributed by atoms with Crippen LogP contribution in [-0.2, 0) is 39.4 Å². The Morgan fingerprint density at radius 2 is 2.00 bits per heavy atom. The predicted octanol–water partition coefficient (Wildman–Crippen LogP) is 5.95. The van der Waals surface area contributed by atoms with Crippen LogP contribution in [0.2, 0.25) is 0 Å².